The average Bonchev–Trinajstić information content (AvgIpc) is 2.67. The Morgan fingerprint density at radius 1 is 1.08 bits per heavy atom. The average molecular weight is 350 g/mol. The Kier molecular flexibility index (Phi) is 5.65. The summed E-state index contributed by atoms with van der Waals surface area (Å²) in [6.45, 7) is 0.960. The summed E-state index contributed by atoms with van der Waals surface area (Å²) in [6, 6.07) is 12.9. The summed E-state index contributed by atoms with van der Waals surface area (Å²) in [6.07, 6.45) is 2.60. The Labute approximate surface area is 152 Å². The molecule has 1 saturated heterocycles. The van der Waals surface area contributed by atoms with E-state index in [0.29, 0.717) is 12.0 Å². The molecule has 4 nitrogen and oxygen atoms in total. The van der Waals surface area contributed by atoms with Crippen molar-refractivity contribution < 1.29 is 14.0 Å². The fourth-order valence-electron chi connectivity index (χ4n) is 2.78. The fourth-order valence-corrected chi connectivity index (χ4v) is 2.78. The number of hydrogen-bond acceptors (Lipinski definition) is 2. The summed E-state index contributed by atoms with van der Waals surface area (Å²) < 4.78 is 12.8. The second-order valence-corrected chi connectivity index (χ2v) is 6.04. The Morgan fingerprint density at radius 3 is 2.50 bits per heavy atom. The van der Waals surface area contributed by atoms with Crippen molar-refractivity contribution in [2.24, 2.45) is 0 Å². The zero-order valence-corrected chi connectivity index (χ0v) is 14.3. The van der Waals surface area contributed by atoms with Gasteiger partial charge in [-0.25, -0.2) is 4.39 Å². The van der Waals surface area contributed by atoms with E-state index < -0.39 is 0 Å². The lowest BCUT2D eigenvalue weighted by molar-refractivity contribution is -0.119. The van der Waals surface area contributed by atoms with Gasteiger partial charge in [-0.15, -0.1) is 0 Å². The molecule has 3 rings (SSSR count). The number of carbonyl (C=O) groups excluding carboxylic acids is 2. The van der Waals surface area contributed by atoms with Crippen LogP contribution >= 0.6 is 0 Å². The summed E-state index contributed by atoms with van der Waals surface area (Å²) in [5.74, 6) is 5.35. The van der Waals surface area contributed by atoms with Crippen molar-refractivity contribution in [3.63, 3.8) is 0 Å². The number of hydrogen-bond donors (Lipinski definition) is 1. The molecule has 26 heavy (non-hydrogen) atoms. The maximum absolute atomic E-state index is 12.8. The SMILES string of the molecule is O=C(NCC#Cc1ccc(N2CCCCC2=O)cc1)c1ccc(F)cc1. The van der Waals surface area contributed by atoms with Crippen LogP contribution in [0, 0.1) is 17.7 Å². The number of amides is 2. The van der Waals surface area contributed by atoms with Crippen LogP contribution in [0.2, 0.25) is 0 Å². The van der Waals surface area contributed by atoms with Crippen LogP contribution in [0.25, 0.3) is 0 Å². The van der Waals surface area contributed by atoms with Gasteiger partial charge in [-0.2, -0.15) is 0 Å². The van der Waals surface area contributed by atoms with Gasteiger partial charge in [0.25, 0.3) is 5.91 Å². The summed E-state index contributed by atoms with van der Waals surface area (Å²) in [7, 11) is 0. The lowest BCUT2D eigenvalue weighted by Gasteiger charge is -2.26. The maximum Gasteiger partial charge on any atom is 0.252 e. The Hall–Kier alpha value is -3.13. The predicted octanol–water partition coefficient (Wildman–Crippen LogP) is 3.12. The van der Waals surface area contributed by atoms with Crippen LogP contribution in [-0.4, -0.2) is 24.9 Å². The molecule has 1 aliphatic heterocycles. The van der Waals surface area contributed by atoms with Gasteiger partial charge in [0.2, 0.25) is 5.91 Å². The molecular weight excluding hydrogens is 331 g/mol. The monoisotopic (exact) mass is 350 g/mol. The van der Waals surface area contributed by atoms with Gasteiger partial charge in [0.1, 0.15) is 5.82 Å². The molecule has 2 aromatic rings. The molecule has 0 aliphatic carbocycles. The highest BCUT2D eigenvalue weighted by Crippen LogP contribution is 2.20. The Balaban J connectivity index is 1.54. The first kappa shape index (κ1) is 17.7. The highest BCUT2D eigenvalue weighted by atomic mass is 19.1. The van der Waals surface area contributed by atoms with E-state index in [2.05, 4.69) is 17.2 Å². The van der Waals surface area contributed by atoms with Crippen molar-refractivity contribution in [2.45, 2.75) is 19.3 Å². The van der Waals surface area contributed by atoms with Crippen LogP contribution in [0.5, 0.6) is 0 Å². The standard InChI is InChI=1S/C21H19FN2O2/c22-18-10-8-17(9-11-18)21(26)23-14-3-4-16-6-12-19(13-7-16)24-15-2-1-5-20(24)25/h6-13H,1-2,5,14-15H2,(H,23,26). The summed E-state index contributed by atoms with van der Waals surface area (Å²) in [5, 5.41) is 2.67. The first-order valence-corrected chi connectivity index (χ1v) is 8.56. The van der Waals surface area contributed by atoms with Gasteiger partial charge < -0.3 is 10.2 Å². The highest BCUT2D eigenvalue weighted by Gasteiger charge is 2.19. The van der Waals surface area contributed by atoms with Crippen molar-refractivity contribution in [3.05, 3.63) is 65.5 Å². The van der Waals surface area contributed by atoms with Crippen molar-refractivity contribution in [1.82, 2.24) is 5.32 Å². The van der Waals surface area contributed by atoms with Gasteiger partial charge in [0.15, 0.2) is 0 Å². The van der Waals surface area contributed by atoms with Crippen molar-refractivity contribution >= 4 is 17.5 Å². The topological polar surface area (TPSA) is 49.4 Å². The number of piperidine rings is 1. The number of carbonyl (C=O) groups is 2. The molecule has 0 bridgehead atoms. The van der Waals surface area contributed by atoms with Crippen molar-refractivity contribution in [3.8, 4) is 11.8 Å². The molecule has 1 N–H and O–H groups in total. The molecule has 0 aromatic heterocycles. The molecule has 0 atom stereocenters. The molecule has 1 aliphatic rings. The largest absolute Gasteiger partial charge is 0.341 e. The molecule has 0 saturated carbocycles. The van der Waals surface area contributed by atoms with Crippen molar-refractivity contribution in [1.29, 1.82) is 0 Å². The normalized spacial score (nSPS) is 13.7. The van der Waals surface area contributed by atoms with E-state index in [4.69, 9.17) is 0 Å². The number of halogens is 1. The lowest BCUT2D eigenvalue weighted by atomic mass is 10.1. The van der Waals surface area contributed by atoms with Crippen LogP contribution < -0.4 is 10.2 Å². The third-order valence-corrected chi connectivity index (χ3v) is 4.18. The van der Waals surface area contributed by atoms with Gasteiger partial charge in [-0.3, -0.25) is 9.59 Å². The summed E-state index contributed by atoms with van der Waals surface area (Å²) in [4.78, 5) is 25.6. The molecule has 2 amide bonds. The van der Waals surface area contributed by atoms with Crippen LogP contribution in [-0.2, 0) is 4.79 Å². The van der Waals surface area contributed by atoms with E-state index in [0.717, 1.165) is 30.6 Å². The molecule has 5 heteroatoms. The minimum absolute atomic E-state index is 0.165. The zero-order valence-electron chi connectivity index (χ0n) is 14.3. The van der Waals surface area contributed by atoms with E-state index in [9.17, 15) is 14.0 Å². The first-order chi connectivity index (χ1) is 12.6. The van der Waals surface area contributed by atoms with Crippen LogP contribution in [0.4, 0.5) is 10.1 Å². The first-order valence-electron chi connectivity index (χ1n) is 8.56. The maximum atomic E-state index is 12.8. The quantitative estimate of drug-likeness (QED) is 0.865. The summed E-state index contributed by atoms with van der Waals surface area (Å²) >= 11 is 0. The van der Waals surface area contributed by atoms with Crippen molar-refractivity contribution in [2.75, 3.05) is 18.0 Å². The second-order valence-electron chi connectivity index (χ2n) is 6.04. The van der Waals surface area contributed by atoms with E-state index in [1.807, 2.05) is 29.2 Å². The fraction of sp³-hybridized carbons (Fsp3) is 0.238. The van der Waals surface area contributed by atoms with Gasteiger partial charge in [-0.05, 0) is 61.4 Å². The molecule has 1 fully saturated rings. The van der Waals surface area contributed by atoms with E-state index in [1.54, 1.807) is 0 Å². The van der Waals surface area contributed by atoms with Gasteiger partial charge in [0.05, 0.1) is 6.54 Å². The molecule has 0 spiro atoms. The third kappa shape index (κ3) is 4.48. The lowest BCUT2D eigenvalue weighted by Crippen LogP contribution is -2.35. The van der Waals surface area contributed by atoms with Gasteiger partial charge in [-0.1, -0.05) is 11.8 Å². The number of nitrogens with zero attached hydrogens (tertiary/aromatic N) is 1. The highest BCUT2D eigenvalue weighted by molar-refractivity contribution is 5.94. The molecular formula is C21H19FN2O2. The smallest absolute Gasteiger partial charge is 0.252 e. The molecule has 1 heterocycles. The van der Waals surface area contributed by atoms with Crippen LogP contribution in [0.3, 0.4) is 0 Å². The number of rotatable bonds is 3. The van der Waals surface area contributed by atoms with E-state index in [-0.39, 0.29) is 24.2 Å². The number of nitrogens with one attached hydrogen (secondary N) is 1. The summed E-state index contributed by atoms with van der Waals surface area (Å²) in [5.41, 5.74) is 2.10. The zero-order chi connectivity index (χ0) is 18.4. The van der Waals surface area contributed by atoms with E-state index in [1.165, 1.54) is 24.3 Å². The van der Waals surface area contributed by atoms with Crippen LogP contribution in [0.1, 0.15) is 35.2 Å². The van der Waals surface area contributed by atoms with Gasteiger partial charge >= 0.3 is 0 Å². The molecule has 0 unspecified atom stereocenters. The van der Waals surface area contributed by atoms with E-state index >= 15 is 0 Å². The third-order valence-electron chi connectivity index (χ3n) is 4.18. The Bertz CT molecular complexity index is 848. The number of benzene rings is 2. The second kappa shape index (κ2) is 8.30. The van der Waals surface area contributed by atoms with Gasteiger partial charge in [0, 0.05) is 29.8 Å². The molecule has 132 valence electrons. The minimum Gasteiger partial charge on any atom is -0.341 e. The molecule has 2 aromatic carbocycles. The molecule has 0 radical (unpaired) electrons. The number of anilines is 1. The Morgan fingerprint density at radius 2 is 1.81 bits per heavy atom. The van der Waals surface area contributed by atoms with Crippen LogP contribution in [0.15, 0.2) is 48.5 Å². The predicted molar refractivity (Wildman–Crippen MR) is 98.3 cm³/mol. The minimum atomic E-state index is -0.379.